The fraction of sp³-hybridized carbons (Fsp3) is 0.571. The van der Waals surface area contributed by atoms with E-state index in [9.17, 15) is 0 Å². The molecule has 1 N–H and O–H groups in total. The fourth-order valence-electron chi connectivity index (χ4n) is 1.59. The van der Waals surface area contributed by atoms with Crippen molar-refractivity contribution in [3.05, 3.63) is 35.4 Å². The molecule has 1 nitrogen and oxygen atoms in total. The number of hydrogen-bond donors (Lipinski definition) is 1. The average Bonchev–Trinajstić information content (AvgIpc) is 2.35. The molecule has 1 aromatic rings. The minimum absolute atomic E-state index is 0.315. The van der Waals surface area contributed by atoms with E-state index in [0.29, 0.717) is 5.38 Å². The first kappa shape index (κ1) is 13.5. The first-order valence-electron chi connectivity index (χ1n) is 6.18. The number of alkyl halides is 1. The number of rotatable bonds is 7. The second-order valence-corrected chi connectivity index (χ2v) is 4.76. The number of aryl methyl sites for hydroxylation is 1. The van der Waals surface area contributed by atoms with E-state index in [1.54, 1.807) is 0 Å². The Morgan fingerprint density at radius 1 is 1.12 bits per heavy atom. The van der Waals surface area contributed by atoms with Gasteiger partial charge in [-0.2, -0.15) is 0 Å². The van der Waals surface area contributed by atoms with Crippen molar-refractivity contribution in [2.24, 2.45) is 0 Å². The van der Waals surface area contributed by atoms with Crippen LogP contribution in [-0.4, -0.2) is 11.9 Å². The second-order valence-electron chi connectivity index (χ2n) is 4.14. The van der Waals surface area contributed by atoms with Crippen LogP contribution in [0.3, 0.4) is 0 Å². The zero-order valence-corrected chi connectivity index (χ0v) is 11.1. The monoisotopic (exact) mass is 239 g/mol. The third-order valence-electron chi connectivity index (χ3n) is 2.84. The minimum Gasteiger partial charge on any atom is -0.313 e. The van der Waals surface area contributed by atoms with E-state index in [4.69, 9.17) is 11.6 Å². The average molecular weight is 240 g/mol. The van der Waals surface area contributed by atoms with Crippen molar-refractivity contribution in [1.82, 2.24) is 5.32 Å². The third-order valence-corrected chi connectivity index (χ3v) is 3.36. The molecule has 1 rings (SSSR count). The van der Waals surface area contributed by atoms with E-state index in [1.807, 2.05) is 0 Å². The summed E-state index contributed by atoms with van der Waals surface area (Å²) in [6.07, 6.45) is 3.21. The Bertz CT molecular complexity index is 281. The van der Waals surface area contributed by atoms with E-state index in [0.717, 1.165) is 32.4 Å². The Morgan fingerprint density at radius 2 is 1.75 bits per heavy atom. The van der Waals surface area contributed by atoms with Gasteiger partial charge in [-0.15, -0.1) is 11.6 Å². The van der Waals surface area contributed by atoms with Crippen molar-refractivity contribution in [2.45, 2.75) is 45.0 Å². The van der Waals surface area contributed by atoms with Crippen LogP contribution in [0.1, 0.15) is 37.8 Å². The zero-order valence-electron chi connectivity index (χ0n) is 10.3. The van der Waals surface area contributed by atoms with Gasteiger partial charge >= 0.3 is 0 Å². The molecule has 0 amide bonds. The molecule has 1 aromatic carbocycles. The number of hydrogen-bond acceptors (Lipinski definition) is 1. The van der Waals surface area contributed by atoms with Crippen LogP contribution in [-0.2, 0) is 13.0 Å². The van der Waals surface area contributed by atoms with Gasteiger partial charge in [0.15, 0.2) is 0 Å². The van der Waals surface area contributed by atoms with E-state index in [1.165, 1.54) is 11.1 Å². The SMILES string of the molecule is CCc1ccc(CNCCC(Cl)CC)cc1. The van der Waals surface area contributed by atoms with E-state index >= 15 is 0 Å². The Labute approximate surface area is 104 Å². The summed E-state index contributed by atoms with van der Waals surface area (Å²) in [6.45, 7) is 6.24. The van der Waals surface area contributed by atoms with Crippen molar-refractivity contribution in [3.8, 4) is 0 Å². The molecule has 1 atom stereocenters. The van der Waals surface area contributed by atoms with Crippen molar-refractivity contribution in [3.63, 3.8) is 0 Å². The van der Waals surface area contributed by atoms with Crippen molar-refractivity contribution in [1.29, 1.82) is 0 Å². The van der Waals surface area contributed by atoms with Gasteiger partial charge in [0, 0.05) is 11.9 Å². The van der Waals surface area contributed by atoms with Gasteiger partial charge in [0.05, 0.1) is 0 Å². The summed E-state index contributed by atoms with van der Waals surface area (Å²) < 4.78 is 0. The maximum absolute atomic E-state index is 6.05. The quantitative estimate of drug-likeness (QED) is 0.565. The number of halogens is 1. The molecule has 1 unspecified atom stereocenters. The molecule has 0 aliphatic heterocycles. The van der Waals surface area contributed by atoms with Gasteiger partial charge in [0.1, 0.15) is 0 Å². The van der Waals surface area contributed by atoms with Crippen LogP contribution in [0.4, 0.5) is 0 Å². The van der Waals surface area contributed by atoms with Gasteiger partial charge in [0.2, 0.25) is 0 Å². The highest BCUT2D eigenvalue weighted by Crippen LogP contribution is 2.06. The van der Waals surface area contributed by atoms with Crippen LogP contribution >= 0.6 is 11.6 Å². The summed E-state index contributed by atoms with van der Waals surface area (Å²) in [5.41, 5.74) is 2.75. The topological polar surface area (TPSA) is 12.0 Å². The smallest absolute Gasteiger partial charge is 0.0345 e. The van der Waals surface area contributed by atoms with Gasteiger partial charge in [-0.05, 0) is 36.9 Å². The molecular weight excluding hydrogens is 218 g/mol. The maximum atomic E-state index is 6.05. The normalized spacial score (nSPS) is 12.7. The predicted molar refractivity (Wildman–Crippen MR) is 72.1 cm³/mol. The van der Waals surface area contributed by atoms with Gasteiger partial charge in [-0.3, -0.25) is 0 Å². The molecule has 0 heterocycles. The molecule has 0 saturated carbocycles. The summed E-state index contributed by atoms with van der Waals surface area (Å²) in [6, 6.07) is 8.80. The molecule has 2 heteroatoms. The van der Waals surface area contributed by atoms with Crippen molar-refractivity contribution in [2.75, 3.05) is 6.54 Å². The number of benzene rings is 1. The summed E-state index contributed by atoms with van der Waals surface area (Å²) >= 11 is 6.05. The maximum Gasteiger partial charge on any atom is 0.0345 e. The molecule has 0 saturated heterocycles. The van der Waals surface area contributed by atoms with E-state index in [2.05, 4.69) is 43.4 Å². The molecule has 0 bridgehead atoms. The van der Waals surface area contributed by atoms with Gasteiger partial charge in [-0.25, -0.2) is 0 Å². The third kappa shape index (κ3) is 5.00. The molecule has 0 spiro atoms. The van der Waals surface area contributed by atoms with Gasteiger partial charge in [0.25, 0.3) is 0 Å². The second kappa shape index (κ2) is 7.70. The van der Waals surface area contributed by atoms with Crippen molar-refractivity contribution >= 4 is 11.6 Å². The first-order chi connectivity index (χ1) is 7.76. The molecule has 0 aliphatic carbocycles. The Kier molecular flexibility index (Phi) is 6.51. The molecule has 90 valence electrons. The summed E-state index contributed by atoms with van der Waals surface area (Å²) in [5, 5.41) is 3.73. The first-order valence-corrected chi connectivity index (χ1v) is 6.62. The molecular formula is C14H22ClN. The Hall–Kier alpha value is -0.530. The van der Waals surface area contributed by atoms with E-state index in [-0.39, 0.29) is 0 Å². The van der Waals surface area contributed by atoms with Crippen LogP contribution < -0.4 is 5.32 Å². The lowest BCUT2D eigenvalue weighted by atomic mass is 10.1. The molecule has 0 aromatic heterocycles. The molecule has 0 aliphatic rings. The largest absolute Gasteiger partial charge is 0.313 e. The minimum atomic E-state index is 0.315. The Balaban J connectivity index is 2.21. The lowest BCUT2D eigenvalue weighted by molar-refractivity contribution is 0.621. The van der Waals surface area contributed by atoms with Crippen LogP contribution in [0.5, 0.6) is 0 Å². The summed E-state index contributed by atoms with van der Waals surface area (Å²) in [7, 11) is 0. The van der Waals surface area contributed by atoms with Crippen LogP contribution in [0, 0.1) is 0 Å². The standard InChI is InChI=1S/C14H22ClN/c1-3-12-5-7-13(8-6-12)11-16-10-9-14(15)4-2/h5-8,14,16H,3-4,9-11H2,1-2H3. The fourth-order valence-corrected chi connectivity index (χ4v) is 1.70. The molecule has 16 heavy (non-hydrogen) atoms. The highest BCUT2D eigenvalue weighted by molar-refractivity contribution is 6.20. The zero-order chi connectivity index (χ0) is 11.8. The van der Waals surface area contributed by atoms with Gasteiger partial charge in [-0.1, -0.05) is 38.1 Å². The predicted octanol–water partition coefficient (Wildman–Crippen LogP) is 3.75. The molecule has 0 radical (unpaired) electrons. The van der Waals surface area contributed by atoms with Crippen LogP contribution in [0.25, 0.3) is 0 Å². The van der Waals surface area contributed by atoms with Gasteiger partial charge < -0.3 is 5.32 Å². The van der Waals surface area contributed by atoms with Crippen molar-refractivity contribution < 1.29 is 0 Å². The Morgan fingerprint density at radius 3 is 2.31 bits per heavy atom. The lowest BCUT2D eigenvalue weighted by Gasteiger charge is -2.08. The molecule has 0 fully saturated rings. The number of nitrogens with one attached hydrogen (secondary N) is 1. The van der Waals surface area contributed by atoms with Crippen LogP contribution in [0.2, 0.25) is 0 Å². The lowest BCUT2D eigenvalue weighted by Crippen LogP contribution is -2.17. The highest BCUT2D eigenvalue weighted by Gasteiger charge is 2.00. The highest BCUT2D eigenvalue weighted by atomic mass is 35.5. The summed E-state index contributed by atoms with van der Waals surface area (Å²) in [4.78, 5) is 0. The van der Waals surface area contributed by atoms with E-state index < -0.39 is 0 Å². The summed E-state index contributed by atoms with van der Waals surface area (Å²) in [5.74, 6) is 0. The van der Waals surface area contributed by atoms with Crippen LogP contribution in [0.15, 0.2) is 24.3 Å².